The van der Waals surface area contributed by atoms with E-state index in [0.717, 1.165) is 0 Å². The van der Waals surface area contributed by atoms with Gasteiger partial charge in [-0.1, -0.05) is 30.3 Å². The number of ether oxygens (including phenoxy) is 2. The number of nitrogens with one attached hydrogen (secondary N) is 3. The Morgan fingerprint density at radius 3 is 1.69 bits per heavy atom. The summed E-state index contributed by atoms with van der Waals surface area (Å²) in [7, 11) is -4.18. The van der Waals surface area contributed by atoms with Gasteiger partial charge in [-0.25, -0.2) is 14.7 Å². The maximum atomic E-state index is 13.9. The predicted molar refractivity (Wildman–Crippen MR) is 137 cm³/mol. The Kier molecular flexibility index (Phi) is 10.6. The van der Waals surface area contributed by atoms with Gasteiger partial charge in [0.05, 0.1) is 17.8 Å². The lowest BCUT2D eigenvalue weighted by Gasteiger charge is -2.27. The van der Waals surface area contributed by atoms with E-state index in [-0.39, 0.29) is 11.3 Å². The zero-order valence-electron chi connectivity index (χ0n) is 21.3. The van der Waals surface area contributed by atoms with Crippen LogP contribution in [0.2, 0.25) is 0 Å². The minimum absolute atomic E-state index is 0.0249. The van der Waals surface area contributed by atoms with Gasteiger partial charge >= 0.3 is 19.6 Å². The lowest BCUT2D eigenvalue weighted by Crippen LogP contribution is -2.44. The van der Waals surface area contributed by atoms with Gasteiger partial charge in [-0.2, -0.15) is 0 Å². The van der Waals surface area contributed by atoms with E-state index in [1.54, 1.807) is 64.1 Å². The van der Waals surface area contributed by atoms with Gasteiger partial charge in [-0.05, 0) is 65.8 Å². The summed E-state index contributed by atoms with van der Waals surface area (Å²) in [5.74, 6) is -1.85. The Bertz CT molecular complexity index is 1060. The summed E-state index contributed by atoms with van der Waals surface area (Å²) in [5.41, 5.74) is 0.659. The summed E-state index contributed by atoms with van der Waals surface area (Å²) >= 11 is 0. The normalized spacial score (nSPS) is 13.1. The van der Waals surface area contributed by atoms with Gasteiger partial charge < -0.3 is 19.3 Å². The Hall–Kier alpha value is -3.20. The molecule has 10 nitrogen and oxygen atoms in total. The van der Waals surface area contributed by atoms with Crippen molar-refractivity contribution in [3.8, 4) is 5.75 Å². The fourth-order valence-electron chi connectivity index (χ4n) is 2.97. The lowest BCUT2D eigenvalue weighted by atomic mass is 10.2. The first-order valence-corrected chi connectivity index (χ1v) is 13.2. The van der Waals surface area contributed by atoms with E-state index >= 15 is 0 Å². The molecule has 36 heavy (non-hydrogen) atoms. The number of esters is 2. The molecule has 0 unspecified atom stereocenters. The van der Waals surface area contributed by atoms with Crippen LogP contribution in [0.1, 0.15) is 51.9 Å². The van der Waals surface area contributed by atoms with Crippen LogP contribution in [-0.2, 0) is 23.6 Å². The van der Waals surface area contributed by atoms with Crippen molar-refractivity contribution < 1.29 is 32.9 Å². The topological polar surface area (TPSA) is 132 Å². The molecule has 0 fully saturated rings. The Balaban J connectivity index is 2.34. The summed E-state index contributed by atoms with van der Waals surface area (Å²) in [6, 6.07) is 12.9. The standard InChI is InChI=1S/C25H34N3O7P/c1-16(2)33-24(30)18(5)27-36(32,28-19(6)25(31)34-17(3)4)35-22-15-11-10-14-21(22)23(29)26-20-12-8-7-9-13-20/h7-19H,1-6H3,(H,26,29)(H2,27,28,32)/t18-,19-/m0/s1. The minimum Gasteiger partial charge on any atom is -0.462 e. The first kappa shape index (κ1) is 29.0. The molecule has 0 aliphatic heterocycles. The summed E-state index contributed by atoms with van der Waals surface area (Å²) < 4.78 is 30.1. The predicted octanol–water partition coefficient (Wildman–Crippen LogP) is 4.29. The van der Waals surface area contributed by atoms with Crippen LogP contribution in [0.15, 0.2) is 54.6 Å². The van der Waals surface area contributed by atoms with Gasteiger partial charge in [0.2, 0.25) is 0 Å². The average molecular weight is 520 g/mol. The molecule has 2 aromatic rings. The van der Waals surface area contributed by atoms with Crippen molar-refractivity contribution in [3.63, 3.8) is 0 Å². The molecule has 0 aromatic heterocycles. The maximum Gasteiger partial charge on any atom is 0.391 e. The molecular formula is C25H34N3O7P. The maximum absolute atomic E-state index is 13.9. The molecule has 2 atom stereocenters. The molecule has 0 aliphatic rings. The van der Waals surface area contributed by atoms with E-state index in [1.165, 1.54) is 26.0 Å². The van der Waals surface area contributed by atoms with Crippen molar-refractivity contribution in [3.05, 3.63) is 60.2 Å². The van der Waals surface area contributed by atoms with Gasteiger partial charge in [0, 0.05) is 5.69 Å². The van der Waals surface area contributed by atoms with E-state index in [9.17, 15) is 18.9 Å². The Morgan fingerprint density at radius 1 is 0.722 bits per heavy atom. The molecule has 2 aromatic carbocycles. The summed E-state index contributed by atoms with van der Waals surface area (Å²) in [5, 5.41) is 7.97. The number of benzene rings is 2. The number of rotatable bonds is 12. The highest BCUT2D eigenvalue weighted by Crippen LogP contribution is 2.41. The van der Waals surface area contributed by atoms with Gasteiger partial charge in [0.15, 0.2) is 0 Å². The van der Waals surface area contributed by atoms with Gasteiger partial charge in [-0.15, -0.1) is 0 Å². The molecule has 0 spiro atoms. The van der Waals surface area contributed by atoms with Crippen molar-refractivity contribution in [1.29, 1.82) is 0 Å². The molecule has 0 saturated heterocycles. The van der Waals surface area contributed by atoms with Gasteiger partial charge in [0.25, 0.3) is 5.91 Å². The molecule has 3 N–H and O–H groups in total. The van der Waals surface area contributed by atoms with Crippen molar-refractivity contribution in [1.82, 2.24) is 10.2 Å². The Labute approximate surface area is 211 Å². The van der Waals surface area contributed by atoms with Crippen LogP contribution in [0.25, 0.3) is 0 Å². The monoisotopic (exact) mass is 519 g/mol. The Morgan fingerprint density at radius 2 is 1.19 bits per heavy atom. The third-order valence-electron chi connectivity index (χ3n) is 4.53. The van der Waals surface area contributed by atoms with Crippen LogP contribution in [0.4, 0.5) is 5.69 Å². The van der Waals surface area contributed by atoms with E-state index in [2.05, 4.69) is 15.5 Å². The van der Waals surface area contributed by atoms with Crippen LogP contribution in [0.3, 0.4) is 0 Å². The molecule has 0 bridgehead atoms. The third-order valence-corrected chi connectivity index (χ3v) is 6.44. The zero-order valence-corrected chi connectivity index (χ0v) is 22.2. The van der Waals surface area contributed by atoms with Crippen LogP contribution in [0, 0.1) is 0 Å². The molecule has 2 rings (SSSR count). The third kappa shape index (κ3) is 9.11. The zero-order chi connectivity index (χ0) is 26.9. The molecule has 0 saturated carbocycles. The number of hydrogen-bond donors (Lipinski definition) is 3. The number of anilines is 1. The number of carbonyl (C=O) groups excluding carboxylic acids is 3. The summed E-state index contributed by atoms with van der Waals surface area (Å²) in [6.45, 7) is 9.64. The highest BCUT2D eigenvalue weighted by Gasteiger charge is 2.35. The molecule has 0 radical (unpaired) electrons. The number of hydrogen-bond acceptors (Lipinski definition) is 7. The lowest BCUT2D eigenvalue weighted by molar-refractivity contribution is -0.149. The molecular weight excluding hydrogens is 485 g/mol. The van der Waals surface area contributed by atoms with Gasteiger partial charge in [-0.3, -0.25) is 14.4 Å². The molecule has 0 aliphatic carbocycles. The first-order valence-electron chi connectivity index (χ1n) is 11.6. The smallest absolute Gasteiger partial charge is 0.391 e. The van der Waals surface area contributed by atoms with Crippen molar-refractivity contribution in [2.24, 2.45) is 0 Å². The quantitative estimate of drug-likeness (QED) is 0.278. The van der Waals surface area contributed by atoms with Gasteiger partial charge in [0.1, 0.15) is 17.8 Å². The number of carbonyl (C=O) groups is 3. The highest BCUT2D eigenvalue weighted by molar-refractivity contribution is 7.55. The minimum atomic E-state index is -4.18. The second-order valence-corrected chi connectivity index (χ2v) is 10.4. The van der Waals surface area contributed by atoms with E-state index in [0.29, 0.717) is 5.69 Å². The first-order chi connectivity index (χ1) is 16.9. The van der Waals surface area contributed by atoms with Crippen LogP contribution in [-0.4, -0.2) is 42.1 Å². The second-order valence-electron chi connectivity index (χ2n) is 8.63. The van der Waals surface area contributed by atoms with E-state index in [1.807, 2.05) is 6.07 Å². The number of amides is 1. The largest absolute Gasteiger partial charge is 0.462 e. The van der Waals surface area contributed by atoms with E-state index in [4.69, 9.17) is 14.0 Å². The molecule has 0 heterocycles. The fraction of sp³-hybridized carbons (Fsp3) is 0.400. The average Bonchev–Trinajstić information content (AvgIpc) is 2.78. The molecule has 11 heteroatoms. The van der Waals surface area contributed by atoms with Crippen molar-refractivity contribution >= 4 is 31.2 Å². The van der Waals surface area contributed by atoms with Crippen LogP contribution < -0.4 is 20.0 Å². The van der Waals surface area contributed by atoms with Crippen LogP contribution >= 0.6 is 7.67 Å². The van der Waals surface area contributed by atoms with E-state index < -0.39 is 49.8 Å². The summed E-state index contributed by atoms with van der Waals surface area (Å²) in [6.07, 6.45) is -0.783. The second kappa shape index (κ2) is 13.2. The molecule has 1 amide bonds. The fourth-order valence-corrected chi connectivity index (χ4v) is 4.81. The van der Waals surface area contributed by atoms with Crippen molar-refractivity contribution in [2.75, 3.05) is 5.32 Å². The number of para-hydroxylation sites is 2. The molecule has 196 valence electrons. The van der Waals surface area contributed by atoms with Crippen molar-refractivity contribution in [2.45, 2.75) is 65.8 Å². The summed E-state index contributed by atoms with van der Waals surface area (Å²) in [4.78, 5) is 37.7. The van der Waals surface area contributed by atoms with Crippen LogP contribution in [0.5, 0.6) is 5.75 Å². The highest BCUT2D eigenvalue weighted by atomic mass is 31.2. The SMILES string of the molecule is CC(C)OC(=O)[C@H](C)NP(=O)(N[C@@H](C)C(=O)OC(C)C)Oc1ccccc1C(=O)Nc1ccccc1.